The number of carbonyl (C=O) groups is 1. The van der Waals surface area contributed by atoms with Crippen LogP contribution in [-0.4, -0.2) is 53.5 Å². The van der Waals surface area contributed by atoms with Crippen LogP contribution in [0.3, 0.4) is 0 Å². The van der Waals surface area contributed by atoms with Gasteiger partial charge in [-0.2, -0.15) is 0 Å². The fraction of sp³-hybridized carbons (Fsp3) is 0.240. The molecule has 0 atom stereocenters. The number of aromatic nitrogens is 2. The molecule has 2 aromatic carbocycles. The molecule has 0 spiro atoms. The van der Waals surface area contributed by atoms with Crippen molar-refractivity contribution in [2.24, 2.45) is 0 Å². The van der Waals surface area contributed by atoms with E-state index in [2.05, 4.69) is 31.2 Å². The maximum absolute atomic E-state index is 12.9. The summed E-state index contributed by atoms with van der Waals surface area (Å²) in [5, 5.41) is 5.91. The van der Waals surface area contributed by atoms with E-state index in [4.69, 9.17) is 0 Å². The van der Waals surface area contributed by atoms with Crippen molar-refractivity contribution in [3.05, 3.63) is 76.2 Å². The Hall–Kier alpha value is -3.71. The zero-order valence-electron chi connectivity index (χ0n) is 17.6. The van der Waals surface area contributed by atoms with Gasteiger partial charge in [0, 0.05) is 66.2 Å². The summed E-state index contributed by atoms with van der Waals surface area (Å²) in [7, 11) is 0. The quantitative estimate of drug-likeness (QED) is 0.433. The second-order valence-corrected chi connectivity index (χ2v) is 8.48. The number of anilines is 2. The van der Waals surface area contributed by atoms with Crippen molar-refractivity contribution >= 4 is 39.1 Å². The Morgan fingerprint density at radius 1 is 1.00 bits per heavy atom. The van der Waals surface area contributed by atoms with Crippen LogP contribution in [0.25, 0.3) is 21.7 Å². The van der Waals surface area contributed by atoms with E-state index >= 15 is 0 Å². The number of H-pyrrole nitrogens is 1. The molecule has 2 aromatic heterocycles. The Balaban J connectivity index is 1.18. The van der Waals surface area contributed by atoms with E-state index in [9.17, 15) is 9.59 Å². The number of hydrogen-bond donors (Lipinski definition) is 2. The lowest BCUT2D eigenvalue weighted by Crippen LogP contribution is -2.48. The van der Waals surface area contributed by atoms with Crippen LogP contribution in [0.1, 0.15) is 11.1 Å². The first-order valence-corrected chi connectivity index (χ1v) is 10.9. The summed E-state index contributed by atoms with van der Waals surface area (Å²) in [6.45, 7) is 3.71. The fourth-order valence-electron chi connectivity index (χ4n) is 5.02. The molecule has 7 heteroatoms. The zero-order valence-corrected chi connectivity index (χ0v) is 17.6. The van der Waals surface area contributed by atoms with Crippen LogP contribution in [-0.2, 0) is 11.2 Å². The van der Waals surface area contributed by atoms with E-state index in [1.165, 1.54) is 0 Å². The Bertz CT molecular complexity index is 1410. The standard InChI is InChI=1S/C25H23N5O2/c31-22(15-29-10-12-30(13-11-29)21-6-1-2-9-26-21)27-19-7-8-20-24-18(19)14-16-4-3-5-17(23(16)24)25(32)28-20/h1-9H,10-15H2,(H,27,31)(H,28,32). The molecule has 4 aromatic rings. The zero-order chi connectivity index (χ0) is 21.7. The van der Waals surface area contributed by atoms with Gasteiger partial charge in [0.05, 0.1) is 6.54 Å². The summed E-state index contributed by atoms with van der Waals surface area (Å²) < 4.78 is 0. The molecule has 160 valence electrons. The number of benzene rings is 2. The second-order valence-electron chi connectivity index (χ2n) is 8.48. The van der Waals surface area contributed by atoms with Gasteiger partial charge in [0.25, 0.3) is 5.56 Å². The third kappa shape index (κ3) is 3.13. The van der Waals surface area contributed by atoms with Gasteiger partial charge in [-0.05, 0) is 41.5 Å². The summed E-state index contributed by atoms with van der Waals surface area (Å²) in [6, 6.07) is 15.6. The number of rotatable bonds is 4. The van der Waals surface area contributed by atoms with E-state index in [0.717, 1.165) is 71.5 Å². The minimum absolute atomic E-state index is 0.0106. The first kappa shape index (κ1) is 19.0. The monoisotopic (exact) mass is 425 g/mol. The van der Waals surface area contributed by atoms with Crippen LogP contribution in [0.15, 0.2) is 59.5 Å². The predicted molar refractivity (Wildman–Crippen MR) is 126 cm³/mol. The molecule has 3 heterocycles. The highest BCUT2D eigenvalue weighted by atomic mass is 16.2. The molecule has 1 fully saturated rings. The molecule has 2 aliphatic rings. The summed E-state index contributed by atoms with van der Waals surface area (Å²) in [5.41, 5.74) is 3.81. The average Bonchev–Trinajstić information content (AvgIpc) is 3.22. The van der Waals surface area contributed by atoms with Crippen LogP contribution < -0.4 is 15.8 Å². The van der Waals surface area contributed by atoms with Gasteiger partial charge in [-0.3, -0.25) is 14.5 Å². The molecule has 1 saturated heterocycles. The predicted octanol–water partition coefficient (Wildman–Crippen LogP) is 2.74. The van der Waals surface area contributed by atoms with Crippen LogP contribution in [0.5, 0.6) is 0 Å². The number of pyridine rings is 2. The highest BCUT2D eigenvalue weighted by Gasteiger charge is 2.24. The van der Waals surface area contributed by atoms with Gasteiger partial charge < -0.3 is 15.2 Å². The van der Waals surface area contributed by atoms with Gasteiger partial charge in [-0.1, -0.05) is 18.2 Å². The van der Waals surface area contributed by atoms with Gasteiger partial charge in [0.2, 0.25) is 5.91 Å². The second kappa shape index (κ2) is 7.46. The van der Waals surface area contributed by atoms with E-state index in [-0.39, 0.29) is 11.5 Å². The van der Waals surface area contributed by atoms with Crippen LogP contribution >= 0.6 is 0 Å². The first-order valence-electron chi connectivity index (χ1n) is 10.9. The molecule has 32 heavy (non-hydrogen) atoms. The number of nitrogens with one attached hydrogen (secondary N) is 2. The highest BCUT2D eigenvalue weighted by molar-refractivity contribution is 6.14. The Labute approximate surface area is 184 Å². The largest absolute Gasteiger partial charge is 0.354 e. The van der Waals surface area contributed by atoms with Gasteiger partial charge in [0.15, 0.2) is 0 Å². The van der Waals surface area contributed by atoms with E-state index < -0.39 is 0 Å². The normalized spacial score (nSPS) is 15.7. The third-order valence-electron chi connectivity index (χ3n) is 6.56. The number of carbonyl (C=O) groups excluding carboxylic acids is 1. The molecule has 1 aliphatic carbocycles. The molecule has 1 aliphatic heterocycles. The Morgan fingerprint density at radius 3 is 2.69 bits per heavy atom. The highest BCUT2D eigenvalue weighted by Crippen LogP contribution is 2.39. The lowest BCUT2D eigenvalue weighted by atomic mass is 10.1. The third-order valence-corrected chi connectivity index (χ3v) is 6.56. The number of aromatic amines is 1. The van der Waals surface area contributed by atoms with Gasteiger partial charge in [-0.15, -0.1) is 0 Å². The number of amides is 1. The first-order chi connectivity index (χ1) is 15.7. The smallest absolute Gasteiger partial charge is 0.256 e. The SMILES string of the molecule is O=C(CN1CCN(c2ccccn2)CC1)Nc1ccc2[nH]c(=O)c3cccc4c3c2c1C4. The van der Waals surface area contributed by atoms with Crippen molar-refractivity contribution in [3.8, 4) is 0 Å². The van der Waals surface area contributed by atoms with E-state index in [0.29, 0.717) is 11.9 Å². The van der Waals surface area contributed by atoms with Crippen molar-refractivity contribution in [2.45, 2.75) is 6.42 Å². The minimum atomic E-state index is -0.0659. The summed E-state index contributed by atoms with van der Waals surface area (Å²) in [6.07, 6.45) is 2.53. The minimum Gasteiger partial charge on any atom is -0.354 e. The van der Waals surface area contributed by atoms with Crippen molar-refractivity contribution in [3.63, 3.8) is 0 Å². The van der Waals surface area contributed by atoms with Gasteiger partial charge in [0.1, 0.15) is 5.82 Å². The molecule has 0 unspecified atom stereocenters. The van der Waals surface area contributed by atoms with E-state index in [1.54, 1.807) is 0 Å². The molecule has 7 nitrogen and oxygen atoms in total. The van der Waals surface area contributed by atoms with Crippen LogP contribution in [0, 0.1) is 0 Å². The Morgan fingerprint density at radius 2 is 1.88 bits per heavy atom. The summed E-state index contributed by atoms with van der Waals surface area (Å²) in [4.78, 5) is 37.1. The number of hydrogen-bond acceptors (Lipinski definition) is 5. The maximum Gasteiger partial charge on any atom is 0.256 e. The van der Waals surface area contributed by atoms with Crippen LogP contribution in [0.4, 0.5) is 11.5 Å². The maximum atomic E-state index is 12.9. The summed E-state index contributed by atoms with van der Waals surface area (Å²) >= 11 is 0. The van der Waals surface area contributed by atoms with Crippen molar-refractivity contribution in [2.75, 3.05) is 42.9 Å². The molecule has 0 saturated carbocycles. The summed E-state index contributed by atoms with van der Waals surface area (Å²) in [5.74, 6) is 0.975. The Kier molecular flexibility index (Phi) is 4.43. The molecule has 2 N–H and O–H groups in total. The molecule has 6 rings (SSSR count). The number of piperazine rings is 1. The van der Waals surface area contributed by atoms with E-state index in [1.807, 2.05) is 48.7 Å². The average molecular weight is 425 g/mol. The molecule has 0 radical (unpaired) electrons. The van der Waals surface area contributed by atoms with Crippen LogP contribution in [0.2, 0.25) is 0 Å². The fourth-order valence-corrected chi connectivity index (χ4v) is 5.02. The number of nitrogens with zero attached hydrogens (tertiary/aromatic N) is 3. The van der Waals surface area contributed by atoms with Crippen molar-refractivity contribution in [1.82, 2.24) is 14.9 Å². The van der Waals surface area contributed by atoms with Gasteiger partial charge >= 0.3 is 0 Å². The van der Waals surface area contributed by atoms with Crippen molar-refractivity contribution < 1.29 is 4.79 Å². The topological polar surface area (TPSA) is 81.3 Å². The molecular weight excluding hydrogens is 402 g/mol. The molecular formula is C25H23N5O2. The van der Waals surface area contributed by atoms with Crippen molar-refractivity contribution in [1.29, 1.82) is 0 Å². The molecule has 1 amide bonds. The van der Waals surface area contributed by atoms with Gasteiger partial charge in [-0.25, -0.2) is 4.98 Å². The molecule has 0 bridgehead atoms. The lowest BCUT2D eigenvalue weighted by molar-refractivity contribution is -0.117. The lowest BCUT2D eigenvalue weighted by Gasteiger charge is -2.35.